The molecule has 14 heavy (non-hydrogen) atoms. The van der Waals surface area contributed by atoms with Crippen LogP contribution < -0.4 is 5.73 Å². The molecular weight excluding hydrogens is 192 g/mol. The molecule has 0 aliphatic carbocycles. The van der Waals surface area contributed by atoms with Crippen LogP contribution in [0.3, 0.4) is 0 Å². The van der Waals surface area contributed by atoms with Gasteiger partial charge in [0, 0.05) is 0 Å². The van der Waals surface area contributed by atoms with Crippen LogP contribution in [0.5, 0.6) is 0 Å². The molecule has 0 amide bonds. The van der Waals surface area contributed by atoms with Crippen molar-refractivity contribution in [3.05, 3.63) is 0 Å². The molecule has 0 heterocycles. The smallest absolute Gasteiger partial charge is 0.192 e. The van der Waals surface area contributed by atoms with Crippen molar-refractivity contribution < 1.29 is 4.43 Å². The van der Waals surface area contributed by atoms with Gasteiger partial charge in [0.2, 0.25) is 0 Å². The van der Waals surface area contributed by atoms with Crippen molar-refractivity contribution in [2.24, 2.45) is 5.73 Å². The monoisotopic (exact) mass is 214 g/mol. The van der Waals surface area contributed by atoms with E-state index >= 15 is 0 Å². The number of rotatable bonds is 3. The molecule has 0 aliphatic rings. The zero-order valence-electron chi connectivity index (χ0n) is 10.1. The first-order valence-electron chi connectivity index (χ1n) is 4.95. The van der Waals surface area contributed by atoms with Crippen LogP contribution in [0.25, 0.3) is 0 Å². The SMILES string of the molecule is C[C@@H](O[Si](C)(C)C(C)(C)C)[C@H](N)C#N. The summed E-state index contributed by atoms with van der Waals surface area (Å²) in [5, 5.41) is 8.83. The predicted molar refractivity (Wildman–Crippen MR) is 61.3 cm³/mol. The van der Waals surface area contributed by atoms with E-state index < -0.39 is 14.4 Å². The summed E-state index contributed by atoms with van der Waals surface area (Å²) in [7, 11) is -1.78. The molecule has 0 saturated heterocycles. The highest BCUT2D eigenvalue weighted by Crippen LogP contribution is 2.37. The van der Waals surface area contributed by atoms with Gasteiger partial charge < -0.3 is 10.2 Å². The van der Waals surface area contributed by atoms with Gasteiger partial charge in [0.15, 0.2) is 8.32 Å². The van der Waals surface area contributed by atoms with Crippen LogP contribution in [-0.4, -0.2) is 20.5 Å². The number of hydrogen-bond acceptors (Lipinski definition) is 3. The zero-order valence-corrected chi connectivity index (χ0v) is 11.1. The Morgan fingerprint density at radius 2 is 1.79 bits per heavy atom. The number of nitrogens with two attached hydrogens (primary N) is 1. The molecule has 0 aromatic carbocycles. The topological polar surface area (TPSA) is 59.0 Å². The Balaban J connectivity index is 4.46. The highest BCUT2D eigenvalue weighted by atomic mass is 28.4. The first kappa shape index (κ1) is 13.6. The van der Waals surface area contributed by atoms with E-state index in [-0.39, 0.29) is 11.1 Å². The van der Waals surface area contributed by atoms with Gasteiger partial charge in [-0.25, -0.2) is 0 Å². The van der Waals surface area contributed by atoms with Crippen molar-refractivity contribution in [3.8, 4) is 6.07 Å². The first-order valence-corrected chi connectivity index (χ1v) is 7.85. The van der Waals surface area contributed by atoms with Crippen LogP contribution in [-0.2, 0) is 4.43 Å². The van der Waals surface area contributed by atoms with Gasteiger partial charge in [-0.2, -0.15) is 5.26 Å². The fraction of sp³-hybridized carbons (Fsp3) is 0.900. The maximum absolute atomic E-state index is 8.67. The Hall–Kier alpha value is -0.373. The van der Waals surface area contributed by atoms with E-state index in [9.17, 15) is 0 Å². The minimum Gasteiger partial charge on any atom is -0.412 e. The molecule has 0 bridgehead atoms. The van der Waals surface area contributed by atoms with Crippen molar-refractivity contribution >= 4 is 8.32 Å². The molecule has 4 heteroatoms. The molecule has 0 unspecified atom stereocenters. The number of nitriles is 1. The third-order valence-corrected chi connectivity index (χ3v) is 7.51. The molecule has 2 N–H and O–H groups in total. The maximum atomic E-state index is 8.67. The quantitative estimate of drug-likeness (QED) is 0.733. The average molecular weight is 214 g/mol. The van der Waals surface area contributed by atoms with Crippen molar-refractivity contribution in [1.29, 1.82) is 5.26 Å². The van der Waals surface area contributed by atoms with Gasteiger partial charge in [0.1, 0.15) is 6.04 Å². The molecule has 0 rings (SSSR count). The van der Waals surface area contributed by atoms with E-state index in [4.69, 9.17) is 15.4 Å². The molecule has 0 spiro atoms. The lowest BCUT2D eigenvalue weighted by Gasteiger charge is -2.38. The first-order chi connectivity index (χ1) is 6.12. The second-order valence-electron chi connectivity index (χ2n) is 5.24. The predicted octanol–water partition coefficient (Wildman–Crippen LogP) is 2.25. The summed E-state index contributed by atoms with van der Waals surface area (Å²) < 4.78 is 5.95. The van der Waals surface area contributed by atoms with E-state index in [0.29, 0.717) is 0 Å². The van der Waals surface area contributed by atoms with Crippen LogP contribution in [0.15, 0.2) is 0 Å². The van der Waals surface area contributed by atoms with Crippen molar-refractivity contribution in [2.45, 2.75) is 58.0 Å². The van der Waals surface area contributed by atoms with Crippen molar-refractivity contribution in [3.63, 3.8) is 0 Å². The van der Waals surface area contributed by atoms with Gasteiger partial charge in [0.05, 0.1) is 12.2 Å². The standard InChI is InChI=1S/C10H22N2OSi/c1-8(9(12)7-11)13-14(5,6)10(2,3)4/h8-9H,12H2,1-6H3/t8-,9-/m1/s1. The van der Waals surface area contributed by atoms with Crippen molar-refractivity contribution in [1.82, 2.24) is 0 Å². The summed E-state index contributed by atoms with van der Waals surface area (Å²) in [4.78, 5) is 0. The lowest BCUT2D eigenvalue weighted by molar-refractivity contribution is 0.187. The number of hydrogen-bond donors (Lipinski definition) is 1. The third kappa shape index (κ3) is 3.41. The second-order valence-corrected chi connectivity index (χ2v) is 9.99. The Labute approximate surface area is 88.4 Å². The van der Waals surface area contributed by atoms with Crippen LogP contribution >= 0.6 is 0 Å². The molecular formula is C10H22N2OSi. The Bertz CT molecular complexity index is 227. The van der Waals surface area contributed by atoms with E-state index in [2.05, 4.69) is 33.9 Å². The minimum absolute atomic E-state index is 0.163. The molecule has 82 valence electrons. The van der Waals surface area contributed by atoms with Gasteiger partial charge >= 0.3 is 0 Å². The molecule has 0 aliphatic heterocycles. The van der Waals surface area contributed by atoms with Gasteiger partial charge in [-0.3, -0.25) is 0 Å². The van der Waals surface area contributed by atoms with E-state index in [1.165, 1.54) is 0 Å². The number of nitrogens with zero attached hydrogens (tertiary/aromatic N) is 1. The van der Waals surface area contributed by atoms with Crippen LogP contribution in [0, 0.1) is 11.3 Å². The lowest BCUT2D eigenvalue weighted by Crippen LogP contribution is -2.47. The van der Waals surface area contributed by atoms with Gasteiger partial charge in [-0.1, -0.05) is 20.8 Å². The fourth-order valence-corrected chi connectivity index (χ4v) is 2.25. The molecule has 0 radical (unpaired) electrons. The summed E-state index contributed by atoms with van der Waals surface area (Å²) >= 11 is 0. The largest absolute Gasteiger partial charge is 0.412 e. The van der Waals surface area contributed by atoms with Crippen molar-refractivity contribution in [2.75, 3.05) is 0 Å². The zero-order chi connectivity index (χ0) is 11.6. The molecule has 0 saturated carbocycles. The van der Waals surface area contributed by atoms with Gasteiger partial charge in [-0.15, -0.1) is 0 Å². The maximum Gasteiger partial charge on any atom is 0.192 e. The normalized spacial score (nSPS) is 17.3. The summed E-state index contributed by atoms with van der Waals surface area (Å²) in [5.41, 5.74) is 5.60. The third-order valence-electron chi connectivity index (χ3n) is 2.94. The molecule has 0 aromatic heterocycles. The summed E-state index contributed by atoms with van der Waals surface area (Å²) in [5.74, 6) is 0. The summed E-state index contributed by atoms with van der Waals surface area (Å²) in [6, 6.07) is 1.49. The van der Waals surface area contributed by atoms with Crippen LogP contribution in [0.1, 0.15) is 27.7 Å². The van der Waals surface area contributed by atoms with E-state index in [1.54, 1.807) is 0 Å². The highest BCUT2D eigenvalue weighted by Gasteiger charge is 2.39. The Morgan fingerprint density at radius 3 is 2.07 bits per heavy atom. The molecule has 2 atom stereocenters. The van der Waals surface area contributed by atoms with Crippen LogP contribution in [0.4, 0.5) is 0 Å². The lowest BCUT2D eigenvalue weighted by atomic mass is 10.2. The van der Waals surface area contributed by atoms with Crippen LogP contribution in [0.2, 0.25) is 18.1 Å². The molecule has 0 aromatic rings. The highest BCUT2D eigenvalue weighted by molar-refractivity contribution is 6.74. The summed E-state index contributed by atoms with van der Waals surface area (Å²) in [6.45, 7) is 12.7. The Morgan fingerprint density at radius 1 is 1.36 bits per heavy atom. The van der Waals surface area contributed by atoms with Gasteiger partial charge in [0.25, 0.3) is 0 Å². The molecule has 0 fully saturated rings. The fourth-order valence-electron chi connectivity index (χ4n) is 0.820. The summed E-state index contributed by atoms with van der Waals surface area (Å²) in [6.07, 6.45) is -0.180. The molecule has 3 nitrogen and oxygen atoms in total. The van der Waals surface area contributed by atoms with E-state index in [0.717, 1.165) is 0 Å². The van der Waals surface area contributed by atoms with E-state index in [1.807, 2.05) is 13.0 Å². The Kier molecular flexibility index (Phi) is 4.31. The minimum atomic E-state index is -1.78. The average Bonchev–Trinajstić information content (AvgIpc) is 2.00. The second kappa shape index (κ2) is 4.43. The van der Waals surface area contributed by atoms with Gasteiger partial charge in [-0.05, 0) is 25.1 Å².